The summed E-state index contributed by atoms with van der Waals surface area (Å²) in [5, 5.41) is 21.2. The summed E-state index contributed by atoms with van der Waals surface area (Å²) in [4.78, 5) is 13.2. The molecule has 0 saturated carbocycles. The maximum absolute atomic E-state index is 10.6. The van der Waals surface area contributed by atoms with E-state index in [0.29, 0.717) is 37.6 Å². The molecule has 0 spiro atoms. The molecule has 150 valence electrons. The quantitative estimate of drug-likeness (QED) is 0.784. The fourth-order valence-electron chi connectivity index (χ4n) is 3.47. The Morgan fingerprint density at radius 3 is 1.39 bits per heavy atom. The van der Waals surface area contributed by atoms with Gasteiger partial charge in [-0.05, 0) is 12.1 Å². The van der Waals surface area contributed by atoms with Crippen LogP contribution < -0.4 is 9.80 Å². The Balaban J connectivity index is 1.41. The predicted molar refractivity (Wildman–Crippen MR) is 104 cm³/mol. The predicted octanol–water partition coefficient (Wildman–Crippen LogP) is 0.917. The molecule has 2 aromatic heterocycles. The van der Waals surface area contributed by atoms with Crippen molar-refractivity contribution >= 4 is 11.6 Å². The fourth-order valence-corrected chi connectivity index (χ4v) is 3.47. The molecule has 0 bridgehead atoms. The van der Waals surface area contributed by atoms with E-state index in [1.54, 1.807) is 24.5 Å². The molecule has 2 unspecified atom stereocenters. The van der Waals surface area contributed by atoms with Crippen LogP contribution in [0.15, 0.2) is 36.7 Å². The highest BCUT2D eigenvalue weighted by Gasteiger charge is 2.22. The minimum Gasteiger partial charge on any atom is -0.385 e. The molecule has 0 aliphatic carbocycles. The summed E-state index contributed by atoms with van der Waals surface area (Å²) in [5.74, 6) is 1.70. The molecule has 28 heavy (non-hydrogen) atoms. The lowest BCUT2D eigenvalue weighted by molar-refractivity contribution is 0.0168. The number of ether oxygens (including phenoxy) is 2. The highest BCUT2D eigenvalue weighted by molar-refractivity contribution is 5.42. The molecule has 0 aromatic carbocycles. The summed E-state index contributed by atoms with van der Waals surface area (Å²) in [6.07, 6.45) is 1.10. The first-order valence-corrected chi connectivity index (χ1v) is 9.66. The number of morpholine rings is 2. The zero-order chi connectivity index (χ0) is 19.3. The van der Waals surface area contributed by atoms with Gasteiger partial charge in [0.25, 0.3) is 0 Å². The Bertz CT molecular complexity index is 678. The van der Waals surface area contributed by atoms with Crippen LogP contribution in [0.1, 0.15) is 23.3 Å². The molecule has 2 aromatic rings. The van der Waals surface area contributed by atoms with Crippen molar-refractivity contribution in [3.8, 4) is 0 Å². The Morgan fingerprint density at radius 1 is 0.679 bits per heavy atom. The van der Waals surface area contributed by atoms with Gasteiger partial charge < -0.3 is 29.5 Å². The van der Waals surface area contributed by atoms with Gasteiger partial charge in [-0.25, -0.2) is 9.97 Å². The second-order valence-corrected chi connectivity index (χ2v) is 6.99. The van der Waals surface area contributed by atoms with Gasteiger partial charge in [-0.1, -0.05) is 12.1 Å². The summed E-state index contributed by atoms with van der Waals surface area (Å²) in [5.41, 5.74) is 1.14. The highest BCUT2D eigenvalue weighted by atomic mass is 16.5. The van der Waals surface area contributed by atoms with Gasteiger partial charge in [0, 0.05) is 49.7 Å². The molecule has 4 heterocycles. The molecule has 2 saturated heterocycles. The minimum atomic E-state index is -1.07. The molecule has 0 radical (unpaired) electrons. The second-order valence-electron chi connectivity index (χ2n) is 6.99. The van der Waals surface area contributed by atoms with E-state index in [1.807, 2.05) is 12.1 Å². The van der Waals surface area contributed by atoms with Gasteiger partial charge in [0.1, 0.15) is 23.8 Å². The van der Waals surface area contributed by atoms with E-state index in [9.17, 15) is 10.2 Å². The molecule has 8 heteroatoms. The van der Waals surface area contributed by atoms with E-state index < -0.39 is 12.2 Å². The van der Waals surface area contributed by atoms with E-state index in [1.165, 1.54) is 0 Å². The van der Waals surface area contributed by atoms with Gasteiger partial charge in [-0.15, -0.1) is 0 Å². The van der Waals surface area contributed by atoms with Gasteiger partial charge in [0.05, 0.1) is 26.4 Å². The summed E-state index contributed by atoms with van der Waals surface area (Å²) in [6, 6.07) is 7.36. The topological polar surface area (TPSA) is 91.2 Å². The number of nitrogens with zero attached hydrogens (tertiary/aromatic N) is 4. The number of hydrogen-bond donors (Lipinski definition) is 2. The first-order chi connectivity index (χ1) is 13.7. The number of rotatable bonds is 5. The van der Waals surface area contributed by atoms with Crippen LogP contribution in [0.3, 0.4) is 0 Å². The minimum absolute atomic E-state index is 0.571. The molecule has 2 N–H and O–H groups in total. The number of pyridine rings is 2. The van der Waals surface area contributed by atoms with Crippen molar-refractivity contribution in [2.75, 3.05) is 62.4 Å². The average Bonchev–Trinajstić information content (AvgIpc) is 2.79. The van der Waals surface area contributed by atoms with Crippen molar-refractivity contribution in [2.24, 2.45) is 0 Å². The number of hydrogen-bond acceptors (Lipinski definition) is 8. The standard InChI is InChI=1S/C20H26N4O4/c25-19(15-1-3-17(21-13-15)23-5-9-27-10-6-23)20(26)16-2-4-18(22-14-16)24-7-11-28-12-8-24/h1-4,13-14,19-20,25-26H,5-12H2. The number of anilines is 2. The van der Waals surface area contributed by atoms with Gasteiger partial charge in [-0.3, -0.25) is 0 Å². The lowest BCUT2D eigenvalue weighted by Gasteiger charge is -2.28. The second kappa shape index (κ2) is 8.83. The average molecular weight is 386 g/mol. The van der Waals surface area contributed by atoms with Crippen molar-refractivity contribution in [3.05, 3.63) is 47.8 Å². The van der Waals surface area contributed by atoms with Crippen LogP contribution in [-0.4, -0.2) is 72.8 Å². The smallest absolute Gasteiger partial charge is 0.128 e. The lowest BCUT2D eigenvalue weighted by Crippen LogP contribution is -2.36. The molecule has 2 aliphatic rings. The zero-order valence-corrected chi connectivity index (χ0v) is 15.8. The largest absolute Gasteiger partial charge is 0.385 e. The number of aromatic nitrogens is 2. The van der Waals surface area contributed by atoms with Gasteiger partial charge >= 0.3 is 0 Å². The number of aliphatic hydroxyl groups is 2. The molecule has 2 atom stereocenters. The van der Waals surface area contributed by atoms with Crippen LogP contribution in [0.25, 0.3) is 0 Å². The van der Waals surface area contributed by atoms with Crippen LogP contribution in [0.2, 0.25) is 0 Å². The highest BCUT2D eigenvalue weighted by Crippen LogP contribution is 2.29. The molecule has 4 rings (SSSR count). The van der Waals surface area contributed by atoms with E-state index in [0.717, 1.165) is 37.8 Å². The van der Waals surface area contributed by atoms with E-state index >= 15 is 0 Å². The van der Waals surface area contributed by atoms with Gasteiger partial charge in [0.15, 0.2) is 0 Å². The van der Waals surface area contributed by atoms with Crippen LogP contribution in [-0.2, 0) is 9.47 Å². The summed E-state index contributed by atoms with van der Waals surface area (Å²) in [6.45, 7) is 5.99. The first-order valence-electron chi connectivity index (χ1n) is 9.66. The van der Waals surface area contributed by atoms with E-state index in [4.69, 9.17) is 9.47 Å². The number of aliphatic hydroxyl groups excluding tert-OH is 2. The van der Waals surface area contributed by atoms with Crippen molar-refractivity contribution in [1.82, 2.24) is 9.97 Å². The van der Waals surface area contributed by atoms with Crippen molar-refractivity contribution < 1.29 is 19.7 Å². The fraction of sp³-hybridized carbons (Fsp3) is 0.500. The van der Waals surface area contributed by atoms with Crippen LogP contribution in [0.5, 0.6) is 0 Å². The molecular weight excluding hydrogens is 360 g/mol. The first kappa shape index (κ1) is 19.1. The molecule has 2 aliphatic heterocycles. The summed E-state index contributed by atoms with van der Waals surface area (Å²) in [7, 11) is 0. The zero-order valence-electron chi connectivity index (χ0n) is 15.8. The van der Waals surface area contributed by atoms with Gasteiger partial charge in [0.2, 0.25) is 0 Å². The van der Waals surface area contributed by atoms with Crippen molar-refractivity contribution in [3.63, 3.8) is 0 Å². The lowest BCUT2D eigenvalue weighted by atomic mass is 10.0. The van der Waals surface area contributed by atoms with E-state index in [2.05, 4.69) is 19.8 Å². The SMILES string of the molecule is OC(c1ccc(N2CCOCC2)nc1)C(O)c1ccc(N2CCOCC2)nc1. The Morgan fingerprint density at radius 2 is 1.07 bits per heavy atom. The Labute approximate surface area is 164 Å². The van der Waals surface area contributed by atoms with Crippen LogP contribution in [0.4, 0.5) is 11.6 Å². The normalized spacial score (nSPS) is 20.1. The third-order valence-electron chi connectivity index (χ3n) is 5.19. The summed E-state index contributed by atoms with van der Waals surface area (Å²) >= 11 is 0. The van der Waals surface area contributed by atoms with Crippen LogP contribution >= 0.6 is 0 Å². The molecular formula is C20H26N4O4. The Kier molecular flexibility index (Phi) is 6.01. The monoisotopic (exact) mass is 386 g/mol. The Hall–Kier alpha value is -2.26. The van der Waals surface area contributed by atoms with Crippen LogP contribution in [0, 0.1) is 0 Å². The maximum Gasteiger partial charge on any atom is 0.128 e. The third-order valence-corrected chi connectivity index (χ3v) is 5.19. The maximum atomic E-state index is 10.6. The van der Waals surface area contributed by atoms with Crippen molar-refractivity contribution in [1.29, 1.82) is 0 Å². The summed E-state index contributed by atoms with van der Waals surface area (Å²) < 4.78 is 10.7. The van der Waals surface area contributed by atoms with Gasteiger partial charge in [-0.2, -0.15) is 0 Å². The molecule has 8 nitrogen and oxygen atoms in total. The third kappa shape index (κ3) is 4.25. The molecule has 0 amide bonds. The van der Waals surface area contributed by atoms with Crippen molar-refractivity contribution in [2.45, 2.75) is 12.2 Å². The molecule has 2 fully saturated rings. The van der Waals surface area contributed by atoms with E-state index in [-0.39, 0.29) is 0 Å².